The standard InChI is InChI=1S/C23H31N3O5/c1-3-16-5-7-17(8-6-16)20-19(21(27)29-4-2)18(24-22(28)25-20)15-26-11-9-23(10-12-26)30-13-14-31-23/h5-8,20H,3-4,9-15H2,1-2H3,(H2,24,25,28)/t20-/m0/s1. The number of piperidine rings is 1. The van der Waals surface area contributed by atoms with Gasteiger partial charge in [-0.3, -0.25) is 4.90 Å². The fourth-order valence-corrected chi connectivity index (χ4v) is 4.45. The van der Waals surface area contributed by atoms with E-state index in [1.54, 1.807) is 6.92 Å². The Morgan fingerprint density at radius 3 is 2.45 bits per heavy atom. The molecule has 3 aliphatic rings. The van der Waals surface area contributed by atoms with Gasteiger partial charge in [0.05, 0.1) is 31.4 Å². The second-order valence-corrected chi connectivity index (χ2v) is 8.12. The van der Waals surface area contributed by atoms with Crippen LogP contribution < -0.4 is 10.6 Å². The topological polar surface area (TPSA) is 89.1 Å². The van der Waals surface area contributed by atoms with Crippen molar-refractivity contribution in [3.63, 3.8) is 0 Å². The molecule has 1 atom stereocenters. The summed E-state index contributed by atoms with van der Waals surface area (Å²) >= 11 is 0. The predicted octanol–water partition coefficient (Wildman–Crippen LogP) is 2.26. The molecular formula is C23H31N3O5. The Hall–Kier alpha value is -2.42. The maximum absolute atomic E-state index is 12.9. The van der Waals surface area contributed by atoms with Crippen LogP contribution in [0, 0.1) is 0 Å². The van der Waals surface area contributed by atoms with Crippen LogP contribution in [0.1, 0.15) is 43.9 Å². The Morgan fingerprint density at radius 2 is 1.84 bits per heavy atom. The summed E-state index contributed by atoms with van der Waals surface area (Å²) in [7, 11) is 0. The first-order valence-electron chi connectivity index (χ1n) is 11.1. The van der Waals surface area contributed by atoms with Crippen molar-refractivity contribution < 1.29 is 23.8 Å². The highest BCUT2D eigenvalue weighted by molar-refractivity contribution is 5.95. The number of hydrogen-bond donors (Lipinski definition) is 2. The van der Waals surface area contributed by atoms with Gasteiger partial charge in [0.1, 0.15) is 0 Å². The third-order valence-electron chi connectivity index (χ3n) is 6.18. The van der Waals surface area contributed by atoms with Crippen molar-refractivity contribution in [2.75, 3.05) is 39.5 Å². The fourth-order valence-electron chi connectivity index (χ4n) is 4.45. The maximum atomic E-state index is 12.9. The number of likely N-dealkylation sites (tertiary alicyclic amines) is 1. The average Bonchev–Trinajstić information content (AvgIpc) is 3.23. The molecule has 8 nitrogen and oxygen atoms in total. The van der Waals surface area contributed by atoms with Crippen molar-refractivity contribution in [3.05, 3.63) is 46.7 Å². The molecule has 3 aliphatic heterocycles. The summed E-state index contributed by atoms with van der Waals surface area (Å²) in [6.07, 6.45) is 2.46. The molecule has 3 heterocycles. The molecule has 0 bridgehead atoms. The van der Waals surface area contributed by atoms with E-state index in [2.05, 4.69) is 22.5 Å². The summed E-state index contributed by atoms with van der Waals surface area (Å²) in [5.41, 5.74) is 3.11. The smallest absolute Gasteiger partial charge is 0.338 e. The van der Waals surface area contributed by atoms with Crippen LogP contribution >= 0.6 is 0 Å². The lowest BCUT2D eigenvalue weighted by Gasteiger charge is -2.39. The molecule has 0 saturated carbocycles. The summed E-state index contributed by atoms with van der Waals surface area (Å²) in [5.74, 6) is -0.874. The first-order chi connectivity index (χ1) is 15.0. The molecule has 31 heavy (non-hydrogen) atoms. The number of hydrogen-bond acceptors (Lipinski definition) is 6. The molecule has 2 fully saturated rings. The maximum Gasteiger partial charge on any atom is 0.338 e. The third-order valence-corrected chi connectivity index (χ3v) is 6.18. The number of carbonyl (C=O) groups excluding carboxylic acids is 2. The van der Waals surface area contributed by atoms with Gasteiger partial charge in [-0.15, -0.1) is 0 Å². The molecule has 8 heteroatoms. The van der Waals surface area contributed by atoms with Crippen LogP contribution in [-0.4, -0.2) is 62.1 Å². The number of nitrogens with zero attached hydrogens (tertiary/aromatic N) is 1. The molecule has 0 aromatic heterocycles. The van der Waals surface area contributed by atoms with Crippen molar-refractivity contribution in [3.8, 4) is 0 Å². The zero-order valence-electron chi connectivity index (χ0n) is 18.2. The van der Waals surface area contributed by atoms with Crippen LogP contribution in [0.25, 0.3) is 0 Å². The van der Waals surface area contributed by atoms with Crippen molar-refractivity contribution in [2.24, 2.45) is 0 Å². The second kappa shape index (κ2) is 9.38. The number of rotatable bonds is 6. The third kappa shape index (κ3) is 4.76. The SMILES string of the molecule is CCOC(=O)C1=C(CN2CCC3(CC2)OCCO3)NC(=O)N[C@H]1c1ccc(CC)cc1. The van der Waals surface area contributed by atoms with E-state index in [-0.39, 0.29) is 12.6 Å². The van der Waals surface area contributed by atoms with Crippen molar-refractivity contribution in [2.45, 2.75) is 44.9 Å². The average molecular weight is 430 g/mol. The van der Waals surface area contributed by atoms with Crippen LogP contribution in [-0.2, 0) is 25.4 Å². The monoisotopic (exact) mass is 429 g/mol. The summed E-state index contributed by atoms with van der Waals surface area (Å²) in [6.45, 7) is 7.40. The van der Waals surface area contributed by atoms with Crippen LogP contribution in [0.5, 0.6) is 0 Å². The van der Waals surface area contributed by atoms with Crippen molar-refractivity contribution in [1.29, 1.82) is 0 Å². The Bertz CT molecular complexity index is 835. The van der Waals surface area contributed by atoms with E-state index in [1.165, 1.54) is 5.56 Å². The Morgan fingerprint density at radius 1 is 1.16 bits per heavy atom. The van der Waals surface area contributed by atoms with E-state index >= 15 is 0 Å². The van der Waals surface area contributed by atoms with Gasteiger partial charge in [-0.25, -0.2) is 9.59 Å². The normalized spacial score (nSPS) is 23.5. The van der Waals surface area contributed by atoms with Gasteiger partial charge in [0, 0.05) is 38.2 Å². The number of aryl methyl sites for hydroxylation is 1. The quantitative estimate of drug-likeness (QED) is 0.675. The van der Waals surface area contributed by atoms with Crippen LogP contribution in [0.2, 0.25) is 0 Å². The van der Waals surface area contributed by atoms with E-state index in [4.69, 9.17) is 14.2 Å². The Kier molecular flexibility index (Phi) is 6.60. The molecule has 1 spiro atoms. The number of urea groups is 1. The number of carbonyl (C=O) groups is 2. The number of benzene rings is 1. The van der Waals surface area contributed by atoms with Gasteiger partial charge in [-0.1, -0.05) is 31.2 Å². The lowest BCUT2D eigenvalue weighted by molar-refractivity contribution is -0.184. The minimum absolute atomic E-state index is 0.270. The van der Waals surface area contributed by atoms with E-state index < -0.39 is 17.8 Å². The molecule has 2 amide bonds. The first-order valence-corrected chi connectivity index (χ1v) is 11.1. The minimum Gasteiger partial charge on any atom is -0.463 e. The van der Waals surface area contributed by atoms with Crippen molar-refractivity contribution in [1.82, 2.24) is 15.5 Å². The van der Waals surface area contributed by atoms with Gasteiger partial charge in [0.2, 0.25) is 0 Å². The molecule has 0 aliphatic carbocycles. The fraction of sp³-hybridized carbons (Fsp3) is 0.565. The summed E-state index contributed by atoms with van der Waals surface area (Å²) in [4.78, 5) is 27.6. The molecule has 1 aromatic rings. The zero-order chi connectivity index (χ0) is 21.8. The van der Waals surface area contributed by atoms with Crippen LogP contribution in [0.4, 0.5) is 4.79 Å². The van der Waals surface area contributed by atoms with Gasteiger partial charge in [-0.05, 0) is 24.5 Å². The second-order valence-electron chi connectivity index (χ2n) is 8.12. The number of ether oxygens (including phenoxy) is 3. The summed E-state index contributed by atoms with van der Waals surface area (Å²) in [5, 5.41) is 5.76. The largest absolute Gasteiger partial charge is 0.463 e. The predicted molar refractivity (Wildman–Crippen MR) is 114 cm³/mol. The lowest BCUT2D eigenvalue weighted by atomic mass is 9.93. The van der Waals surface area contributed by atoms with Crippen LogP contribution in [0.3, 0.4) is 0 Å². The van der Waals surface area contributed by atoms with E-state index in [0.717, 1.165) is 37.9 Å². The molecular weight excluding hydrogens is 398 g/mol. The molecule has 2 N–H and O–H groups in total. The Balaban J connectivity index is 1.59. The number of nitrogens with one attached hydrogen (secondary N) is 2. The molecule has 1 aromatic carbocycles. The first kappa shape index (κ1) is 21.8. The summed E-state index contributed by atoms with van der Waals surface area (Å²) < 4.78 is 17.0. The van der Waals surface area contributed by atoms with Gasteiger partial charge in [-0.2, -0.15) is 0 Å². The number of amides is 2. The minimum atomic E-state index is -0.550. The molecule has 0 radical (unpaired) electrons. The molecule has 2 saturated heterocycles. The zero-order valence-corrected chi connectivity index (χ0v) is 18.2. The van der Waals surface area contributed by atoms with Gasteiger partial charge in [0.15, 0.2) is 5.79 Å². The van der Waals surface area contributed by atoms with E-state index in [9.17, 15) is 9.59 Å². The van der Waals surface area contributed by atoms with E-state index in [0.29, 0.717) is 31.0 Å². The Labute approximate surface area is 182 Å². The molecule has 4 rings (SSSR count). The van der Waals surface area contributed by atoms with Gasteiger partial charge in [0.25, 0.3) is 0 Å². The molecule has 0 unspecified atom stereocenters. The van der Waals surface area contributed by atoms with E-state index in [1.807, 2.05) is 24.3 Å². The lowest BCUT2D eigenvalue weighted by Crippen LogP contribution is -2.51. The highest BCUT2D eigenvalue weighted by Crippen LogP contribution is 2.33. The molecule has 168 valence electrons. The van der Waals surface area contributed by atoms with Gasteiger partial charge >= 0.3 is 12.0 Å². The van der Waals surface area contributed by atoms with Crippen molar-refractivity contribution >= 4 is 12.0 Å². The number of esters is 1. The van der Waals surface area contributed by atoms with Gasteiger partial charge < -0.3 is 24.8 Å². The van der Waals surface area contributed by atoms with Crippen LogP contribution in [0.15, 0.2) is 35.5 Å². The highest BCUT2D eigenvalue weighted by atomic mass is 16.7. The summed E-state index contributed by atoms with van der Waals surface area (Å²) in [6, 6.07) is 7.11. The highest BCUT2D eigenvalue weighted by Gasteiger charge is 2.41.